The maximum Gasteiger partial charge on any atom is 0.317 e. The van der Waals surface area contributed by atoms with E-state index in [1.807, 2.05) is 4.90 Å². The number of aliphatic carboxylic acids is 1. The van der Waals surface area contributed by atoms with Gasteiger partial charge in [0.15, 0.2) is 9.84 Å². The second-order valence-corrected chi connectivity index (χ2v) is 8.37. The van der Waals surface area contributed by atoms with E-state index in [2.05, 4.69) is 11.8 Å². The lowest BCUT2D eigenvalue weighted by Crippen LogP contribution is -2.47. The normalized spacial score (nSPS) is 30.4. The molecule has 0 radical (unpaired) electrons. The van der Waals surface area contributed by atoms with Gasteiger partial charge < -0.3 is 10.0 Å². The van der Waals surface area contributed by atoms with Gasteiger partial charge >= 0.3 is 5.97 Å². The van der Waals surface area contributed by atoms with Gasteiger partial charge in [0.2, 0.25) is 0 Å². The molecular weight excluding hydrogens is 292 g/mol. The first kappa shape index (κ1) is 16.7. The summed E-state index contributed by atoms with van der Waals surface area (Å²) < 4.78 is 23.4. The van der Waals surface area contributed by atoms with Crippen molar-refractivity contribution in [3.63, 3.8) is 0 Å². The van der Waals surface area contributed by atoms with E-state index in [1.54, 1.807) is 0 Å². The van der Waals surface area contributed by atoms with Crippen LogP contribution in [0.5, 0.6) is 0 Å². The molecule has 0 aromatic rings. The summed E-state index contributed by atoms with van der Waals surface area (Å²) in [6, 6.07) is 0.0697. The van der Waals surface area contributed by atoms with Crippen molar-refractivity contribution in [1.29, 1.82) is 0 Å². The summed E-state index contributed by atoms with van der Waals surface area (Å²) in [7, 11) is -2.98. The summed E-state index contributed by atoms with van der Waals surface area (Å²) >= 11 is 0. The molecule has 0 spiro atoms. The van der Waals surface area contributed by atoms with Gasteiger partial charge in [-0.15, -0.1) is 0 Å². The standard InChI is InChI=1S/C14H26N2O4S/c1-2-15-7-3-4-12(5-8-15)16(10-14(17)18)13-6-9-21(19,20)11-13/h12-13H,2-11H2,1H3,(H,17,18). The molecule has 2 fully saturated rings. The molecular formula is C14H26N2O4S. The third kappa shape index (κ3) is 4.66. The average molecular weight is 318 g/mol. The van der Waals surface area contributed by atoms with Crippen LogP contribution in [0.3, 0.4) is 0 Å². The van der Waals surface area contributed by atoms with Gasteiger partial charge in [-0.1, -0.05) is 6.92 Å². The van der Waals surface area contributed by atoms with Gasteiger partial charge in [-0.25, -0.2) is 8.42 Å². The van der Waals surface area contributed by atoms with Crippen LogP contribution in [0.1, 0.15) is 32.6 Å². The highest BCUT2D eigenvalue weighted by Crippen LogP contribution is 2.25. The maximum absolute atomic E-state index is 11.7. The molecule has 2 unspecified atom stereocenters. The fourth-order valence-electron chi connectivity index (χ4n) is 3.54. The minimum absolute atomic E-state index is 0.0447. The topological polar surface area (TPSA) is 77.9 Å². The summed E-state index contributed by atoms with van der Waals surface area (Å²) in [5, 5.41) is 9.17. The number of carbonyl (C=O) groups is 1. The summed E-state index contributed by atoms with van der Waals surface area (Å²) in [5.74, 6) is -0.550. The Morgan fingerprint density at radius 2 is 2.00 bits per heavy atom. The first-order chi connectivity index (χ1) is 9.91. The van der Waals surface area contributed by atoms with E-state index in [-0.39, 0.29) is 30.1 Å². The molecule has 2 saturated heterocycles. The number of carboxylic acid groups (broad SMARTS) is 1. The second-order valence-electron chi connectivity index (χ2n) is 6.14. The van der Waals surface area contributed by atoms with Crippen LogP contribution in [0.2, 0.25) is 0 Å². The van der Waals surface area contributed by atoms with Gasteiger partial charge in [0.1, 0.15) is 0 Å². The Hall–Kier alpha value is -0.660. The van der Waals surface area contributed by atoms with E-state index < -0.39 is 15.8 Å². The lowest BCUT2D eigenvalue weighted by atomic mass is 10.0. The lowest BCUT2D eigenvalue weighted by Gasteiger charge is -2.34. The first-order valence-electron chi connectivity index (χ1n) is 7.81. The van der Waals surface area contributed by atoms with E-state index in [4.69, 9.17) is 0 Å². The monoisotopic (exact) mass is 318 g/mol. The second kappa shape index (κ2) is 7.07. The predicted octanol–water partition coefficient (Wildman–Crippen LogP) is 0.435. The molecule has 122 valence electrons. The van der Waals surface area contributed by atoms with E-state index in [0.717, 1.165) is 38.9 Å². The van der Waals surface area contributed by atoms with Crippen molar-refractivity contribution < 1.29 is 18.3 Å². The Kier molecular flexibility index (Phi) is 5.62. The molecule has 2 atom stereocenters. The van der Waals surface area contributed by atoms with Crippen LogP contribution in [-0.2, 0) is 14.6 Å². The molecule has 0 saturated carbocycles. The van der Waals surface area contributed by atoms with Crippen LogP contribution in [0.15, 0.2) is 0 Å². The molecule has 0 aromatic carbocycles. The van der Waals surface area contributed by atoms with Gasteiger partial charge in [-0.2, -0.15) is 0 Å². The summed E-state index contributed by atoms with van der Waals surface area (Å²) in [6.07, 6.45) is 3.51. The highest BCUT2D eigenvalue weighted by atomic mass is 32.2. The molecule has 0 bridgehead atoms. The van der Waals surface area contributed by atoms with Crippen LogP contribution < -0.4 is 0 Å². The molecule has 1 N–H and O–H groups in total. The minimum Gasteiger partial charge on any atom is -0.480 e. The van der Waals surface area contributed by atoms with Gasteiger partial charge in [0, 0.05) is 12.1 Å². The third-order valence-corrected chi connectivity index (χ3v) is 6.45. The number of nitrogens with zero attached hydrogens (tertiary/aromatic N) is 2. The van der Waals surface area contributed by atoms with E-state index in [9.17, 15) is 18.3 Å². The van der Waals surface area contributed by atoms with Gasteiger partial charge in [-0.05, 0) is 45.3 Å². The number of likely N-dealkylation sites (tertiary alicyclic amines) is 1. The van der Waals surface area contributed by atoms with Crippen LogP contribution in [0.25, 0.3) is 0 Å². The zero-order valence-corrected chi connectivity index (χ0v) is 13.5. The fraction of sp³-hybridized carbons (Fsp3) is 0.929. The zero-order valence-electron chi connectivity index (χ0n) is 12.7. The lowest BCUT2D eigenvalue weighted by molar-refractivity contribution is -0.139. The fourth-order valence-corrected chi connectivity index (χ4v) is 5.28. The number of hydrogen-bond donors (Lipinski definition) is 1. The van der Waals surface area contributed by atoms with Crippen LogP contribution in [-0.4, -0.2) is 79.1 Å². The Morgan fingerprint density at radius 1 is 1.24 bits per heavy atom. The highest BCUT2D eigenvalue weighted by molar-refractivity contribution is 7.91. The molecule has 2 aliphatic rings. The smallest absolute Gasteiger partial charge is 0.317 e. The quantitative estimate of drug-likeness (QED) is 0.792. The summed E-state index contributed by atoms with van der Waals surface area (Å²) in [4.78, 5) is 15.5. The van der Waals surface area contributed by atoms with E-state index >= 15 is 0 Å². The Labute approximate surface area is 127 Å². The Bertz CT molecular complexity index is 466. The first-order valence-corrected chi connectivity index (χ1v) is 9.63. The Morgan fingerprint density at radius 3 is 2.57 bits per heavy atom. The molecule has 2 aliphatic heterocycles. The zero-order chi connectivity index (χ0) is 15.5. The summed E-state index contributed by atoms with van der Waals surface area (Å²) in [6.45, 7) is 5.13. The van der Waals surface area contributed by atoms with Crippen molar-refractivity contribution in [3.05, 3.63) is 0 Å². The molecule has 7 heteroatoms. The molecule has 2 rings (SSSR count). The Balaban J connectivity index is 2.07. The van der Waals surface area contributed by atoms with Crippen LogP contribution in [0.4, 0.5) is 0 Å². The van der Waals surface area contributed by atoms with Crippen molar-refractivity contribution in [2.45, 2.75) is 44.7 Å². The van der Waals surface area contributed by atoms with Gasteiger partial charge in [0.25, 0.3) is 0 Å². The molecule has 2 heterocycles. The molecule has 21 heavy (non-hydrogen) atoms. The van der Waals surface area contributed by atoms with Crippen LogP contribution in [0, 0.1) is 0 Å². The number of hydrogen-bond acceptors (Lipinski definition) is 5. The number of carboxylic acids is 1. The van der Waals surface area contributed by atoms with Crippen molar-refractivity contribution in [2.75, 3.05) is 37.7 Å². The molecule has 0 amide bonds. The van der Waals surface area contributed by atoms with Crippen molar-refractivity contribution in [1.82, 2.24) is 9.80 Å². The molecule has 0 aromatic heterocycles. The maximum atomic E-state index is 11.7. The van der Waals surface area contributed by atoms with Gasteiger partial charge in [0.05, 0.1) is 18.1 Å². The van der Waals surface area contributed by atoms with Crippen molar-refractivity contribution in [3.8, 4) is 0 Å². The molecule has 0 aliphatic carbocycles. The largest absolute Gasteiger partial charge is 0.480 e. The SMILES string of the molecule is CCN1CCCC(N(CC(=O)O)C2CCS(=O)(=O)C2)CC1. The number of rotatable bonds is 5. The van der Waals surface area contributed by atoms with E-state index in [0.29, 0.717) is 6.42 Å². The van der Waals surface area contributed by atoms with Crippen molar-refractivity contribution >= 4 is 15.8 Å². The van der Waals surface area contributed by atoms with Crippen LogP contribution >= 0.6 is 0 Å². The van der Waals surface area contributed by atoms with Crippen molar-refractivity contribution in [2.24, 2.45) is 0 Å². The molecule has 6 nitrogen and oxygen atoms in total. The predicted molar refractivity (Wildman–Crippen MR) is 81.2 cm³/mol. The summed E-state index contributed by atoms with van der Waals surface area (Å²) in [5.41, 5.74) is 0. The number of sulfone groups is 1. The third-order valence-electron chi connectivity index (χ3n) is 4.70. The average Bonchev–Trinajstić information content (AvgIpc) is 2.63. The highest BCUT2D eigenvalue weighted by Gasteiger charge is 2.36. The minimum atomic E-state index is -2.98. The van der Waals surface area contributed by atoms with E-state index in [1.165, 1.54) is 0 Å². The van der Waals surface area contributed by atoms with Gasteiger partial charge in [-0.3, -0.25) is 9.69 Å².